The average Bonchev–Trinajstić information content (AvgIpc) is 2.69. The van der Waals surface area contributed by atoms with E-state index in [9.17, 15) is 24.3 Å². The van der Waals surface area contributed by atoms with Crippen molar-refractivity contribution in [2.75, 3.05) is 13.1 Å². The molecule has 0 unspecified atom stereocenters. The van der Waals surface area contributed by atoms with Crippen LogP contribution in [0.5, 0.6) is 0 Å². The molecule has 0 aliphatic heterocycles. The van der Waals surface area contributed by atoms with Gasteiger partial charge in [-0.25, -0.2) is 14.4 Å². The monoisotopic (exact) mass is 437 g/mol. The number of unbranched alkanes of at least 4 members (excludes halogenated alkanes) is 1. The minimum absolute atomic E-state index is 0.0440. The lowest BCUT2D eigenvalue weighted by atomic mass is 10.1. The molecular formula is C21H31N3O7. The van der Waals surface area contributed by atoms with Gasteiger partial charge < -0.3 is 30.5 Å². The number of carboxylic acid groups (broad SMARTS) is 1. The fourth-order valence-corrected chi connectivity index (χ4v) is 2.39. The Morgan fingerprint density at radius 2 is 1.68 bits per heavy atom. The van der Waals surface area contributed by atoms with Crippen LogP contribution in [0, 0.1) is 0 Å². The zero-order valence-corrected chi connectivity index (χ0v) is 18.1. The summed E-state index contributed by atoms with van der Waals surface area (Å²) >= 11 is 0. The fourth-order valence-electron chi connectivity index (χ4n) is 2.39. The number of benzene rings is 1. The highest BCUT2D eigenvalue weighted by molar-refractivity contribution is 5.82. The van der Waals surface area contributed by atoms with Crippen LogP contribution in [0.3, 0.4) is 0 Å². The summed E-state index contributed by atoms with van der Waals surface area (Å²) in [5.41, 5.74) is 0.143. The number of carboxylic acids is 1. The zero-order chi connectivity index (χ0) is 23.3. The van der Waals surface area contributed by atoms with Crippen molar-refractivity contribution < 1.29 is 33.8 Å². The molecule has 1 aromatic carbocycles. The Balaban J connectivity index is 2.21. The van der Waals surface area contributed by atoms with Crippen LogP contribution in [0.2, 0.25) is 0 Å². The Morgan fingerprint density at radius 1 is 1.00 bits per heavy atom. The number of nitrogens with one attached hydrogen (secondary N) is 3. The van der Waals surface area contributed by atoms with Gasteiger partial charge in [-0.1, -0.05) is 30.3 Å². The topological polar surface area (TPSA) is 143 Å². The van der Waals surface area contributed by atoms with Gasteiger partial charge in [0.2, 0.25) is 5.91 Å². The molecule has 0 heterocycles. The van der Waals surface area contributed by atoms with E-state index in [-0.39, 0.29) is 25.5 Å². The lowest BCUT2D eigenvalue weighted by Gasteiger charge is -2.19. The van der Waals surface area contributed by atoms with Gasteiger partial charge in [-0.3, -0.25) is 4.79 Å². The molecule has 172 valence electrons. The largest absolute Gasteiger partial charge is 0.480 e. The molecule has 0 aromatic heterocycles. The number of hydrogen-bond donors (Lipinski definition) is 4. The van der Waals surface area contributed by atoms with Crippen molar-refractivity contribution in [2.45, 2.75) is 58.3 Å². The molecule has 0 saturated carbocycles. The third kappa shape index (κ3) is 12.8. The first-order chi connectivity index (χ1) is 14.6. The van der Waals surface area contributed by atoms with E-state index < -0.39 is 29.8 Å². The third-order valence-corrected chi connectivity index (χ3v) is 3.84. The summed E-state index contributed by atoms with van der Waals surface area (Å²) < 4.78 is 10.1. The van der Waals surface area contributed by atoms with E-state index in [0.29, 0.717) is 19.4 Å². The first-order valence-corrected chi connectivity index (χ1v) is 10.0. The molecule has 1 aromatic rings. The molecule has 0 radical (unpaired) electrons. The second kappa shape index (κ2) is 13.1. The lowest BCUT2D eigenvalue weighted by molar-refractivity contribution is -0.139. The molecule has 1 atom stereocenters. The summed E-state index contributed by atoms with van der Waals surface area (Å²) in [5, 5.41) is 16.6. The minimum Gasteiger partial charge on any atom is -0.480 e. The van der Waals surface area contributed by atoms with Gasteiger partial charge in [-0.2, -0.15) is 0 Å². The molecule has 0 bridgehead atoms. The summed E-state index contributed by atoms with van der Waals surface area (Å²) in [6, 6.07) is 7.95. The van der Waals surface area contributed by atoms with E-state index in [1.807, 2.05) is 18.2 Å². The summed E-state index contributed by atoms with van der Waals surface area (Å²) in [5.74, 6) is -1.55. The van der Waals surface area contributed by atoms with Crippen molar-refractivity contribution in [1.29, 1.82) is 0 Å². The van der Waals surface area contributed by atoms with Gasteiger partial charge in [0.1, 0.15) is 18.2 Å². The van der Waals surface area contributed by atoms with E-state index in [2.05, 4.69) is 16.0 Å². The number of hydrogen-bond acceptors (Lipinski definition) is 6. The quantitative estimate of drug-likeness (QED) is 0.389. The maximum atomic E-state index is 11.8. The van der Waals surface area contributed by atoms with Crippen LogP contribution in [0.1, 0.15) is 45.6 Å². The molecule has 4 N–H and O–H groups in total. The van der Waals surface area contributed by atoms with Gasteiger partial charge in [0, 0.05) is 6.54 Å². The summed E-state index contributed by atoms with van der Waals surface area (Å²) in [4.78, 5) is 46.3. The second-order valence-corrected chi connectivity index (χ2v) is 7.80. The Kier molecular flexibility index (Phi) is 10.9. The molecule has 0 aliphatic carbocycles. The van der Waals surface area contributed by atoms with Crippen molar-refractivity contribution in [3.05, 3.63) is 35.9 Å². The van der Waals surface area contributed by atoms with E-state index in [0.717, 1.165) is 5.56 Å². The smallest absolute Gasteiger partial charge is 0.408 e. The third-order valence-electron chi connectivity index (χ3n) is 3.84. The Bertz CT molecular complexity index is 732. The molecular weight excluding hydrogens is 406 g/mol. The number of aliphatic carboxylic acids is 1. The van der Waals surface area contributed by atoms with Crippen molar-refractivity contribution in [3.8, 4) is 0 Å². The summed E-state index contributed by atoms with van der Waals surface area (Å²) in [6.07, 6.45) is -0.352. The highest BCUT2D eigenvalue weighted by Crippen LogP contribution is 2.06. The second-order valence-electron chi connectivity index (χ2n) is 7.80. The SMILES string of the molecule is CC(C)(C)OC(=O)NCC(=O)NCCCC[C@H](NC(=O)OCc1ccccc1)C(=O)O. The number of ether oxygens (including phenoxy) is 2. The van der Waals surface area contributed by atoms with Gasteiger partial charge in [-0.05, 0) is 45.6 Å². The highest BCUT2D eigenvalue weighted by atomic mass is 16.6. The first-order valence-electron chi connectivity index (χ1n) is 10.0. The van der Waals surface area contributed by atoms with Crippen LogP contribution in [0.4, 0.5) is 9.59 Å². The molecule has 10 heteroatoms. The van der Waals surface area contributed by atoms with E-state index in [1.165, 1.54) is 0 Å². The molecule has 0 spiro atoms. The molecule has 1 rings (SSSR count). The van der Waals surface area contributed by atoms with Crippen LogP contribution >= 0.6 is 0 Å². The average molecular weight is 437 g/mol. The number of alkyl carbamates (subject to hydrolysis) is 2. The highest BCUT2D eigenvalue weighted by Gasteiger charge is 2.20. The van der Waals surface area contributed by atoms with Gasteiger partial charge >= 0.3 is 18.2 Å². The summed E-state index contributed by atoms with van der Waals surface area (Å²) in [6.45, 7) is 5.28. The van der Waals surface area contributed by atoms with E-state index in [1.54, 1.807) is 32.9 Å². The van der Waals surface area contributed by atoms with Crippen LogP contribution in [-0.2, 0) is 25.7 Å². The normalized spacial score (nSPS) is 11.7. The first kappa shape index (κ1) is 25.7. The van der Waals surface area contributed by atoms with E-state index >= 15 is 0 Å². The van der Waals surface area contributed by atoms with E-state index in [4.69, 9.17) is 9.47 Å². The minimum atomic E-state index is -1.16. The number of carbonyl (C=O) groups excluding carboxylic acids is 3. The van der Waals surface area contributed by atoms with Crippen LogP contribution in [0.25, 0.3) is 0 Å². The maximum Gasteiger partial charge on any atom is 0.408 e. The standard InChI is InChI=1S/C21H31N3O7/c1-21(2,3)31-19(28)23-13-17(25)22-12-8-7-11-16(18(26)27)24-20(29)30-14-15-9-5-4-6-10-15/h4-6,9-10,16H,7-8,11-14H2,1-3H3,(H,22,25)(H,23,28)(H,24,29)(H,26,27)/t16-/m0/s1. The molecule has 31 heavy (non-hydrogen) atoms. The molecule has 0 saturated heterocycles. The van der Waals surface area contributed by atoms with Crippen LogP contribution in [0.15, 0.2) is 30.3 Å². The number of rotatable bonds is 11. The summed E-state index contributed by atoms with van der Waals surface area (Å²) in [7, 11) is 0. The Morgan fingerprint density at radius 3 is 2.29 bits per heavy atom. The molecule has 0 fully saturated rings. The predicted molar refractivity (Wildman–Crippen MR) is 112 cm³/mol. The van der Waals surface area contributed by atoms with Crippen LogP contribution < -0.4 is 16.0 Å². The van der Waals surface area contributed by atoms with Gasteiger partial charge in [0.05, 0.1) is 6.54 Å². The van der Waals surface area contributed by atoms with Gasteiger partial charge in [0.15, 0.2) is 0 Å². The molecule has 3 amide bonds. The van der Waals surface area contributed by atoms with Crippen molar-refractivity contribution in [1.82, 2.24) is 16.0 Å². The zero-order valence-electron chi connectivity index (χ0n) is 18.1. The van der Waals surface area contributed by atoms with Gasteiger partial charge in [-0.15, -0.1) is 0 Å². The van der Waals surface area contributed by atoms with Crippen molar-refractivity contribution in [3.63, 3.8) is 0 Å². The Hall–Kier alpha value is -3.30. The molecule has 0 aliphatic rings. The number of carbonyl (C=O) groups is 4. The lowest BCUT2D eigenvalue weighted by Crippen LogP contribution is -2.41. The number of amides is 3. The van der Waals surface area contributed by atoms with Crippen molar-refractivity contribution in [2.24, 2.45) is 0 Å². The van der Waals surface area contributed by atoms with Crippen LogP contribution in [-0.4, -0.2) is 53.9 Å². The Labute approximate surface area is 181 Å². The maximum absolute atomic E-state index is 11.8. The fraction of sp³-hybridized carbons (Fsp3) is 0.524. The molecule has 10 nitrogen and oxygen atoms in total. The van der Waals surface area contributed by atoms with Gasteiger partial charge in [0.25, 0.3) is 0 Å². The predicted octanol–water partition coefficient (Wildman–Crippen LogP) is 2.18. The van der Waals surface area contributed by atoms with Crippen molar-refractivity contribution >= 4 is 24.1 Å².